The smallest absolute Gasteiger partial charge is 0.147 e. The number of benzene rings is 2. The van der Waals surface area contributed by atoms with E-state index in [1.165, 1.54) is 0 Å². The van der Waals surface area contributed by atoms with E-state index in [1.807, 2.05) is 60.7 Å². The van der Waals surface area contributed by atoms with Crippen molar-refractivity contribution in [2.45, 2.75) is 12.2 Å². The van der Waals surface area contributed by atoms with Gasteiger partial charge in [0.05, 0.1) is 0 Å². The largest absolute Gasteiger partial charge is 0.483 e. The summed E-state index contributed by atoms with van der Waals surface area (Å²) in [6.45, 7) is 0. The molecule has 0 spiro atoms. The van der Waals surface area contributed by atoms with Crippen molar-refractivity contribution in [3.8, 4) is 5.75 Å². The van der Waals surface area contributed by atoms with E-state index in [4.69, 9.17) is 4.74 Å². The van der Waals surface area contributed by atoms with Gasteiger partial charge in [-0.15, -0.1) is 0 Å². The zero-order chi connectivity index (χ0) is 13.2. The van der Waals surface area contributed by atoms with Crippen molar-refractivity contribution in [1.82, 2.24) is 0 Å². The highest BCUT2D eigenvalue weighted by molar-refractivity contribution is 9.10. The molecule has 96 valence electrons. The monoisotopic (exact) mass is 316 g/mol. The second-order valence-corrected chi connectivity index (χ2v) is 5.39. The summed E-state index contributed by atoms with van der Waals surface area (Å²) in [6.07, 6.45) is 2.89. The predicted octanol–water partition coefficient (Wildman–Crippen LogP) is 3.96. The molecule has 0 aromatic heterocycles. The molecule has 2 nitrogen and oxygen atoms in total. The topological polar surface area (TPSA) is 29.5 Å². The number of rotatable bonds is 2. The maximum absolute atomic E-state index is 10.4. The molecule has 1 N–H and O–H groups in total. The third-order valence-corrected chi connectivity index (χ3v) is 3.65. The molecule has 0 aliphatic heterocycles. The lowest BCUT2D eigenvalue weighted by atomic mass is 9.93. The maximum Gasteiger partial charge on any atom is 0.147 e. The fourth-order valence-corrected chi connectivity index (χ4v) is 2.59. The molecule has 19 heavy (non-hydrogen) atoms. The number of halogens is 1. The minimum Gasteiger partial charge on any atom is -0.483 e. The van der Waals surface area contributed by atoms with Gasteiger partial charge in [0.1, 0.15) is 18.0 Å². The summed E-state index contributed by atoms with van der Waals surface area (Å²) >= 11 is 3.41. The van der Waals surface area contributed by atoms with Gasteiger partial charge in [0.2, 0.25) is 0 Å². The van der Waals surface area contributed by atoms with Crippen molar-refractivity contribution in [2.24, 2.45) is 0 Å². The molecule has 0 heterocycles. The van der Waals surface area contributed by atoms with Crippen molar-refractivity contribution in [3.63, 3.8) is 0 Å². The van der Waals surface area contributed by atoms with Crippen LogP contribution in [0.3, 0.4) is 0 Å². The first-order valence-electron chi connectivity index (χ1n) is 6.11. The maximum atomic E-state index is 10.4. The van der Waals surface area contributed by atoms with Crippen LogP contribution in [0.15, 0.2) is 59.1 Å². The molecule has 0 bridgehead atoms. The highest BCUT2D eigenvalue weighted by atomic mass is 79.9. The minimum atomic E-state index is -0.639. The van der Waals surface area contributed by atoms with Gasteiger partial charge in [-0.2, -0.15) is 0 Å². The van der Waals surface area contributed by atoms with Crippen LogP contribution >= 0.6 is 15.9 Å². The lowest BCUT2D eigenvalue weighted by Gasteiger charge is -2.26. The van der Waals surface area contributed by atoms with Crippen molar-refractivity contribution in [2.75, 3.05) is 0 Å². The highest BCUT2D eigenvalue weighted by Crippen LogP contribution is 2.31. The number of hydrogen-bond donors (Lipinski definition) is 1. The SMILES string of the molecule is O[C@H]1c2ccccc2C=C[C@H]1Oc1cccc(Br)c1. The summed E-state index contributed by atoms with van der Waals surface area (Å²) in [7, 11) is 0. The molecule has 0 radical (unpaired) electrons. The first-order chi connectivity index (χ1) is 9.24. The highest BCUT2D eigenvalue weighted by Gasteiger charge is 2.25. The number of ether oxygens (including phenoxy) is 1. The predicted molar refractivity (Wildman–Crippen MR) is 79.0 cm³/mol. The molecule has 3 heteroatoms. The zero-order valence-electron chi connectivity index (χ0n) is 10.2. The Bertz CT molecular complexity index is 622. The van der Waals surface area contributed by atoms with E-state index >= 15 is 0 Å². The van der Waals surface area contributed by atoms with E-state index < -0.39 is 6.10 Å². The van der Waals surface area contributed by atoms with Gasteiger partial charge >= 0.3 is 0 Å². The molecule has 1 aliphatic rings. The van der Waals surface area contributed by atoms with Crippen LogP contribution in [0.1, 0.15) is 17.2 Å². The van der Waals surface area contributed by atoms with E-state index in [9.17, 15) is 5.11 Å². The third-order valence-electron chi connectivity index (χ3n) is 3.16. The quantitative estimate of drug-likeness (QED) is 0.908. The summed E-state index contributed by atoms with van der Waals surface area (Å²) in [5.74, 6) is 0.738. The minimum absolute atomic E-state index is 0.357. The van der Waals surface area contributed by atoms with Crippen LogP contribution in [0, 0.1) is 0 Å². The molecule has 2 atom stereocenters. The van der Waals surface area contributed by atoms with Crippen LogP contribution in [-0.2, 0) is 0 Å². The van der Waals surface area contributed by atoms with E-state index in [2.05, 4.69) is 15.9 Å². The number of fused-ring (bicyclic) bond motifs is 1. The van der Waals surface area contributed by atoms with Crippen LogP contribution in [-0.4, -0.2) is 11.2 Å². The Morgan fingerprint density at radius 3 is 2.74 bits per heavy atom. The van der Waals surface area contributed by atoms with Gasteiger partial charge < -0.3 is 9.84 Å². The Kier molecular flexibility index (Phi) is 3.40. The molecule has 1 aliphatic carbocycles. The van der Waals surface area contributed by atoms with Crippen LogP contribution in [0.4, 0.5) is 0 Å². The summed E-state index contributed by atoms with van der Waals surface area (Å²) < 4.78 is 6.80. The van der Waals surface area contributed by atoms with Crippen LogP contribution in [0.5, 0.6) is 5.75 Å². The first-order valence-corrected chi connectivity index (χ1v) is 6.91. The van der Waals surface area contributed by atoms with E-state index in [0.717, 1.165) is 21.3 Å². The van der Waals surface area contributed by atoms with E-state index in [0.29, 0.717) is 0 Å². The molecular formula is C16H13BrO2. The first kappa shape index (κ1) is 12.5. The second kappa shape index (κ2) is 5.19. The molecule has 0 fully saturated rings. The lowest BCUT2D eigenvalue weighted by molar-refractivity contribution is 0.0623. The molecule has 0 saturated carbocycles. The Morgan fingerprint density at radius 2 is 1.89 bits per heavy atom. The number of hydrogen-bond acceptors (Lipinski definition) is 2. The van der Waals surface area contributed by atoms with E-state index in [-0.39, 0.29) is 6.10 Å². The van der Waals surface area contributed by atoms with Crippen LogP contribution in [0.25, 0.3) is 6.08 Å². The third kappa shape index (κ3) is 2.57. The summed E-state index contributed by atoms with van der Waals surface area (Å²) in [5, 5.41) is 10.4. The molecule has 3 rings (SSSR count). The van der Waals surface area contributed by atoms with Crippen LogP contribution < -0.4 is 4.74 Å². The van der Waals surface area contributed by atoms with Gasteiger partial charge in [0.15, 0.2) is 0 Å². The van der Waals surface area contributed by atoms with Crippen LogP contribution in [0.2, 0.25) is 0 Å². The molecule has 0 amide bonds. The normalized spacial score (nSPS) is 20.9. The lowest BCUT2D eigenvalue weighted by Crippen LogP contribution is -2.25. The fraction of sp³-hybridized carbons (Fsp3) is 0.125. The van der Waals surface area contributed by atoms with Gasteiger partial charge in [-0.25, -0.2) is 0 Å². The molecule has 2 aromatic rings. The Labute approximate surface area is 120 Å². The number of aliphatic hydroxyl groups is 1. The average molecular weight is 317 g/mol. The van der Waals surface area contributed by atoms with Crippen molar-refractivity contribution >= 4 is 22.0 Å². The zero-order valence-corrected chi connectivity index (χ0v) is 11.7. The summed E-state index contributed by atoms with van der Waals surface area (Å²) in [4.78, 5) is 0. The standard InChI is InChI=1S/C16H13BrO2/c17-12-5-3-6-13(10-12)19-15-9-8-11-4-1-2-7-14(11)16(15)18/h1-10,15-16,18H/t15-,16+/m1/s1. The van der Waals surface area contributed by atoms with Crippen molar-refractivity contribution < 1.29 is 9.84 Å². The Hall–Kier alpha value is -1.58. The molecular weight excluding hydrogens is 304 g/mol. The van der Waals surface area contributed by atoms with E-state index in [1.54, 1.807) is 0 Å². The summed E-state index contributed by atoms with van der Waals surface area (Å²) in [5.41, 5.74) is 1.95. The van der Waals surface area contributed by atoms with Crippen molar-refractivity contribution in [3.05, 3.63) is 70.2 Å². The number of aliphatic hydroxyl groups excluding tert-OH is 1. The second-order valence-electron chi connectivity index (χ2n) is 4.47. The Balaban J connectivity index is 1.85. The fourth-order valence-electron chi connectivity index (χ4n) is 2.21. The Morgan fingerprint density at radius 1 is 1.05 bits per heavy atom. The van der Waals surface area contributed by atoms with Gasteiger partial charge in [0, 0.05) is 4.47 Å². The van der Waals surface area contributed by atoms with Gasteiger partial charge in [-0.05, 0) is 35.4 Å². The van der Waals surface area contributed by atoms with Gasteiger partial charge in [-0.1, -0.05) is 52.3 Å². The molecule has 0 saturated heterocycles. The molecule has 0 unspecified atom stereocenters. The summed E-state index contributed by atoms with van der Waals surface area (Å²) in [6, 6.07) is 15.4. The van der Waals surface area contributed by atoms with Crippen molar-refractivity contribution in [1.29, 1.82) is 0 Å². The van der Waals surface area contributed by atoms with Gasteiger partial charge in [0.25, 0.3) is 0 Å². The average Bonchev–Trinajstić information content (AvgIpc) is 2.42. The van der Waals surface area contributed by atoms with Gasteiger partial charge in [-0.3, -0.25) is 0 Å². The molecule has 2 aromatic carbocycles.